The summed E-state index contributed by atoms with van der Waals surface area (Å²) in [7, 11) is 0. The van der Waals surface area contributed by atoms with Crippen LogP contribution in [0.25, 0.3) is 21.7 Å². The zero-order valence-electron chi connectivity index (χ0n) is 10.8. The van der Waals surface area contributed by atoms with Crippen LogP contribution in [0.1, 0.15) is 11.1 Å². The molecule has 0 atom stereocenters. The number of benzene rings is 2. The number of alkyl halides is 3. The number of para-hydroxylation sites is 1. The van der Waals surface area contributed by atoms with Crippen molar-refractivity contribution >= 4 is 21.7 Å². The Bertz CT molecular complexity index is 1010. The first kappa shape index (κ1) is 13.9. The van der Waals surface area contributed by atoms with Crippen LogP contribution in [0.3, 0.4) is 0 Å². The van der Waals surface area contributed by atoms with Crippen molar-refractivity contribution in [3.63, 3.8) is 0 Å². The Morgan fingerprint density at radius 1 is 1.18 bits per heavy atom. The minimum absolute atomic E-state index is 0.00988. The van der Waals surface area contributed by atoms with E-state index in [0.29, 0.717) is 5.39 Å². The maximum atomic E-state index is 13.1. The standard InChI is InChI=1S/C15H7F3N2O2/c16-15(17,18)10-5-8-7-3-1-2-4-11(7)22-14(20)12(8)13(21)9(10)6-19/h1-5,20-21H. The lowest BCUT2D eigenvalue weighted by Gasteiger charge is -2.13. The molecule has 0 amide bonds. The maximum absolute atomic E-state index is 13.1. The molecule has 2 N–H and O–H groups in total. The number of rotatable bonds is 0. The van der Waals surface area contributed by atoms with E-state index in [1.807, 2.05) is 0 Å². The summed E-state index contributed by atoms with van der Waals surface area (Å²) in [6.07, 6.45) is -4.80. The van der Waals surface area contributed by atoms with Gasteiger partial charge >= 0.3 is 6.18 Å². The van der Waals surface area contributed by atoms with E-state index in [0.717, 1.165) is 6.07 Å². The number of nitrogens with one attached hydrogen (secondary N) is 1. The van der Waals surface area contributed by atoms with Crippen molar-refractivity contribution in [2.75, 3.05) is 0 Å². The van der Waals surface area contributed by atoms with E-state index in [1.54, 1.807) is 12.1 Å². The fourth-order valence-electron chi connectivity index (χ4n) is 2.39. The van der Waals surface area contributed by atoms with E-state index < -0.39 is 28.6 Å². The zero-order valence-corrected chi connectivity index (χ0v) is 10.8. The molecule has 0 spiro atoms. The lowest BCUT2D eigenvalue weighted by Crippen LogP contribution is -2.10. The number of fused-ring (bicyclic) bond motifs is 3. The van der Waals surface area contributed by atoms with Crippen LogP contribution < -0.4 is 5.55 Å². The molecule has 7 heteroatoms. The van der Waals surface area contributed by atoms with Gasteiger partial charge in [-0.25, -0.2) is 0 Å². The zero-order chi connectivity index (χ0) is 16.1. The van der Waals surface area contributed by atoms with E-state index in [9.17, 15) is 18.3 Å². The third-order valence-electron chi connectivity index (χ3n) is 3.33. The van der Waals surface area contributed by atoms with Crippen LogP contribution in [-0.4, -0.2) is 5.11 Å². The van der Waals surface area contributed by atoms with Crippen LogP contribution in [-0.2, 0) is 6.18 Å². The molecule has 4 nitrogen and oxygen atoms in total. The van der Waals surface area contributed by atoms with E-state index in [1.165, 1.54) is 18.2 Å². The summed E-state index contributed by atoms with van der Waals surface area (Å²) < 4.78 is 44.5. The molecule has 22 heavy (non-hydrogen) atoms. The smallest absolute Gasteiger partial charge is 0.417 e. The van der Waals surface area contributed by atoms with Gasteiger partial charge in [0.1, 0.15) is 23.0 Å². The topological polar surface area (TPSA) is 81.0 Å². The fraction of sp³-hybridized carbons (Fsp3) is 0.0667. The van der Waals surface area contributed by atoms with Crippen LogP contribution in [0.4, 0.5) is 13.2 Å². The summed E-state index contributed by atoms with van der Waals surface area (Å²) in [6, 6.07) is 8.36. The summed E-state index contributed by atoms with van der Waals surface area (Å²) in [5.74, 6) is -0.896. The van der Waals surface area contributed by atoms with Crippen molar-refractivity contribution in [3.8, 4) is 11.8 Å². The fourth-order valence-corrected chi connectivity index (χ4v) is 2.39. The number of hydrogen-bond donors (Lipinski definition) is 2. The van der Waals surface area contributed by atoms with Crippen molar-refractivity contribution in [1.82, 2.24) is 0 Å². The molecule has 3 rings (SSSR count). The molecule has 0 bridgehead atoms. The molecule has 1 heterocycles. The summed E-state index contributed by atoms with van der Waals surface area (Å²) in [5.41, 5.74) is -2.44. The first-order valence-corrected chi connectivity index (χ1v) is 6.08. The number of aromatic hydroxyl groups is 1. The summed E-state index contributed by atoms with van der Waals surface area (Å²) in [6.45, 7) is 0. The van der Waals surface area contributed by atoms with Gasteiger partial charge in [-0.2, -0.15) is 18.4 Å². The summed E-state index contributed by atoms with van der Waals surface area (Å²) >= 11 is 0. The van der Waals surface area contributed by atoms with Crippen molar-refractivity contribution in [1.29, 1.82) is 10.7 Å². The second-order valence-electron chi connectivity index (χ2n) is 4.61. The van der Waals surface area contributed by atoms with Gasteiger partial charge < -0.3 is 9.52 Å². The normalized spacial score (nSPS) is 11.7. The van der Waals surface area contributed by atoms with Gasteiger partial charge in [0.05, 0.1) is 10.9 Å². The van der Waals surface area contributed by atoms with Gasteiger partial charge in [0.2, 0.25) is 5.55 Å². The molecule has 110 valence electrons. The van der Waals surface area contributed by atoms with Crippen molar-refractivity contribution in [3.05, 3.63) is 47.0 Å². The molecular formula is C15H7F3N2O2. The molecule has 0 fully saturated rings. The predicted molar refractivity (Wildman–Crippen MR) is 71.0 cm³/mol. The predicted octanol–water partition coefficient (Wildman–Crippen LogP) is 3.66. The average Bonchev–Trinajstić information content (AvgIpc) is 2.45. The van der Waals surface area contributed by atoms with Crippen LogP contribution in [0, 0.1) is 16.7 Å². The van der Waals surface area contributed by atoms with Crippen molar-refractivity contribution < 1.29 is 22.7 Å². The van der Waals surface area contributed by atoms with Gasteiger partial charge in [0.25, 0.3) is 0 Å². The first-order chi connectivity index (χ1) is 10.3. The van der Waals surface area contributed by atoms with Gasteiger partial charge in [0.15, 0.2) is 0 Å². The molecule has 0 aliphatic heterocycles. The van der Waals surface area contributed by atoms with Gasteiger partial charge in [-0.1, -0.05) is 18.2 Å². The van der Waals surface area contributed by atoms with Gasteiger partial charge in [-0.15, -0.1) is 0 Å². The lowest BCUT2D eigenvalue weighted by molar-refractivity contribution is -0.137. The monoisotopic (exact) mass is 304 g/mol. The second-order valence-corrected chi connectivity index (χ2v) is 4.61. The summed E-state index contributed by atoms with van der Waals surface area (Å²) in [5, 5.41) is 26.8. The number of nitrogens with zero attached hydrogens (tertiary/aromatic N) is 1. The Morgan fingerprint density at radius 2 is 1.86 bits per heavy atom. The van der Waals surface area contributed by atoms with Crippen LogP contribution in [0.5, 0.6) is 5.75 Å². The number of phenols is 1. The molecule has 0 aliphatic rings. The van der Waals surface area contributed by atoms with E-state index in [4.69, 9.17) is 15.1 Å². The lowest BCUT2D eigenvalue weighted by atomic mass is 9.98. The van der Waals surface area contributed by atoms with Crippen LogP contribution in [0.15, 0.2) is 34.7 Å². The van der Waals surface area contributed by atoms with Crippen molar-refractivity contribution in [2.45, 2.75) is 6.18 Å². The van der Waals surface area contributed by atoms with Crippen molar-refractivity contribution in [2.24, 2.45) is 0 Å². The highest BCUT2D eigenvalue weighted by Gasteiger charge is 2.36. The molecule has 0 saturated heterocycles. The minimum Gasteiger partial charge on any atom is -0.506 e. The highest BCUT2D eigenvalue weighted by Crippen LogP contribution is 2.40. The number of nitriles is 1. The van der Waals surface area contributed by atoms with Gasteiger partial charge in [-0.3, -0.25) is 5.41 Å². The Kier molecular flexibility index (Phi) is 2.85. The molecule has 0 radical (unpaired) electrons. The molecular weight excluding hydrogens is 297 g/mol. The maximum Gasteiger partial charge on any atom is 0.417 e. The molecule has 0 unspecified atom stereocenters. The molecule has 3 aromatic rings. The highest BCUT2D eigenvalue weighted by atomic mass is 19.4. The molecule has 0 saturated carbocycles. The number of phenolic OH excluding ortho intramolecular Hbond substituents is 1. The minimum atomic E-state index is -4.80. The Labute approximate surface area is 121 Å². The van der Waals surface area contributed by atoms with E-state index in [-0.39, 0.29) is 16.4 Å². The van der Waals surface area contributed by atoms with Crippen LogP contribution in [0.2, 0.25) is 0 Å². The van der Waals surface area contributed by atoms with Gasteiger partial charge in [0, 0.05) is 10.8 Å². The third-order valence-corrected chi connectivity index (χ3v) is 3.33. The Hall–Kier alpha value is -3.01. The highest BCUT2D eigenvalue weighted by molar-refractivity contribution is 6.07. The second kappa shape index (κ2) is 4.49. The largest absolute Gasteiger partial charge is 0.506 e. The SMILES string of the molecule is N#Cc1c(C(F)(F)F)cc2c(c1O)c(=N)oc1ccccc12. The Balaban J connectivity index is 2.65. The van der Waals surface area contributed by atoms with Crippen LogP contribution >= 0.6 is 0 Å². The first-order valence-electron chi connectivity index (χ1n) is 6.08. The number of hydrogen-bond acceptors (Lipinski definition) is 4. The molecule has 0 aliphatic carbocycles. The van der Waals surface area contributed by atoms with E-state index in [2.05, 4.69) is 0 Å². The quantitative estimate of drug-likeness (QED) is 0.622. The molecule has 1 aromatic heterocycles. The Morgan fingerprint density at radius 3 is 2.50 bits per heavy atom. The number of halogens is 3. The third kappa shape index (κ3) is 1.89. The van der Waals surface area contributed by atoms with Gasteiger partial charge in [-0.05, 0) is 12.1 Å². The summed E-state index contributed by atoms with van der Waals surface area (Å²) in [4.78, 5) is 0. The van der Waals surface area contributed by atoms with E-state index >= 15 is 0 Å². The average molecular weight is 304 g/mol. The molecule has 2 aromatic carbocycles.